The number of hydrogen-bond donors (Lipinski definition) is 3. The first-order chi connectivity index (χ1) is 15.5. The van der Waals surface area contributed by atoms with E-state index in [1.807, 2.05) is 25.1 Å². The molecule has 0 bridgehead atoms. The third kappa shape index (κ3) is 4.64. The lowest BCUT2D eigenvalue weighted by Crippen LogP contribution is -2.32. The molecule has 32 heavy (non-hydrogen) atoms. The van der Waals surface area contributed by atoms with Crippen LogP contribution in [0.5, 0.6) is 5.75 Å². The number of anilines is 3. The molecule has 9 nitrogen and oxygen atoms in total. The third-order valence-corrected chi connectivity index (χ3v) is 5.77. The van der Waals surface area contributed by atoms with Crippen molar-refractivity contribution >= 4 is 40.0 Å². The van der Waals surface area contributed by atoms with E-state index in [2.05, 4.69) is 25.5 Å². The van der Waals surface area contributed by atoms with Crippen LogP contribution < -0.4 is 25.8 Å². The van der Waals surface area contributed by atoms with E-state index in [0.717, 1.165) is 42.5 Å². The summed E-state index contributed by atoms with van der Waals surface area (Å²) in [6.45, 7) is 4.24. The van der Waals surface area contributed by atoms with E-state index in [1.54, 1.807) is 23.9 Å². The van der Waals surface area contributed by atoms with Crippen molar-refractivity contribution < 1.29 is 9.84 Å². The van der Waals surface area contributed by atoms with E-state index in [-0.39, 0.29) is 17.9 Å². The van der Waals surface area contributed by atoms with Gasteiger partial charge in [-0.1, -0.05) is 11.6 Å². The number of pyridine rings is 1. The Balaban J connectivity index is 1.66. The van der Waals surface area contributed by atoms with Gasteiger partial charge in [0.15, 0.2) is 11.6 Å². The lowest BCUT2D eigenvalue weighted by atomic mass is 10.1. The van der Waals surface area contributed by atoms with Crippen LogP contribution >= 0.6 is 11.6 Å². The second-order valence-corrected chi connectivity index (χ2v) is 8.04. The molecule has 1 unspecified atom stereocenters. The van der Waals surface area contributed by atoms with Crippen LogP contribution in [0.4, 0.5) is 17.5 Å². The van der Waals surface area contributed by atoms with E-state index in [9.17, 15) is 9.90 Å². The molecular weight excluding hydrogens is 432 g/mol. The number of likely N-dealkylation sites (N-methyl/N-ethyl adjacent to an activating group) is 1. The summed E-state index contributed by atoms with van der Waals surface area (Å²) in [5.41, 5.74) is 1.32. The van der Waals surface area contributed by atoms with Gasteiger partial charge in [0.1, 0.15) is 17.9 Å². The fourth-order valence-electron chi connectivity index (χ4n) is 3.76. The molecule has 170 valence electrons. The molecule has 1 atom stereocenters. The normalized spacial score (nSPS) is 14.7. The molecule has 0 aliphatic carbocycles. The number of nitrogens with zero attached hydrogens (tertiary/aromatic N) is 4. The Morgan fingerprint density at radius 2 is 2.06 bits per heavy atom. The van der Waals surface area contributed by atoms with Crippen LogP contribution in [0.25, 0.3) is 10.9 Å². The highest BCUT2D eigenvalue weighted by molar-refractivity contribution is 6.32. The minimum Gasteiger partial charge on any atom is -0.484 e. The van der Waals surface area contributed by atoms with Gasteiger partial charge in [0, 0.05) is 30.7 Å². The van der Waals surface area contributed by atoms with E-state index in [1.165, 1.54) is 0 Å². The van der Waals surface area contributed by atoms with Gasteiger partial charge in [-0.05, 0) is 51.1 Å². The van der Waals surface area contributed by atoms with Gasteiger partial charge in [0.2, 0.25) is 5.95 Å². The van der Waals surface area contributed by atoms with Gasteiger partial charge >= 0.3 is 0 Å². The van der Waals surface area contributed by atoms with Gasteiger partial charge in [-0.15, -0.1) is 0 Å². The van der Waals surface area contributed by atoms with Crippen LogP contribution in [0.3, 0.4) is 0 Å². The average molecular weight is 459 g/mol. The Bertz CT molecular complexity index is 1160. The minimum absolute atomic E-state index is 0.0330. The largest absolute Gasteiger partial charge is 0.484 e. The molecule has 4 rings (SSSR count). The quantitative estimate of drug-likeness (QED) is 0.442. The standard InChI is InChI=1S/C22H27ClN6O3/c1-3-29-17-7-6-15(10-14(17)11-18(21(29)31)32-13-19(30)24-2)26-20-16(23)12-25-22(27-20)28-8-4-5-9-28/h6-7,10-12,19,24,30H,3-5,8-9,13H2,1-2H3,(H,25,26,27). The first-order valence-electron chi connectivity index (χ1n) is 10.7. The fourth-order valence-corrected chi connectivity index (χ4v) is 3.90. The SMILES string of the molecule is CCn1c(=O)c(OCC(O)NC)cc2cc(Nc3nc(N4CCCC4)ncc3Cl)ccc21. The first kappa shape index (κ1) is 22.3. The van der Waals surface area contributed by atoms with Gasteiger partial charge in [0.05, 0.1) is 11.7 Å². The first-order valence-corrected chi connectivity index (χ1v) is 11.1. The molecule has 1 fully saturated rings. The second kappa shape index (κ2) is 9.72. The number of ether oxygens (including phenoxy) is 1. The zero-order chi connectivity index (χ0) is 22.7. The van der Waals surface area contributed by atoms with Gasteiger partial charge in [-0.3, -0.25) is 10.1 Å². The molecule has 3 N–H and O–H groups in total. The monoisotopic (exact) mass is 458 g/mol. The molecule has 3 aromatic rings. The number of halogens is 1. The topological polar surface area (TPSA) is 105 Å². The number of nitrogens with one attached hydrogen (secondary N) is 2. The van der Waals surface area contributed by atoms with Crippen molar-refractivity contribution in [1.82, 2.24) is 19.9 Å². The molecule has 3 heterocycles. The number of hydrogen-bond acceptors (Lipinski definition) is 8. The lowest BCUT2D eigenvalue weighted by Gasteiger charge is -2.17. The number of fused-ring (bicyclic) bond motifs is 1. The van der Waals surface area contributed by atoms with Gasteiger partial charge < -0.3 is 24.6 Å². The predicted octanol–water partition coefficient (Wildman–Crippen LogP) is 2.73. The van der Waals surface area contributed by atoms with Crippen molar-refractivity contribution in [2.24, 2.45) is 0 Å². The highest BCUT2D eigenvalue weighted by Gasteiger charge is 2.17. The Hall–Kier alpha value is -2.88. The number of aromatic nitrogens is 3. The molecule has 10 heteroatoms. The molecule has 0 spiro atoms. The minimum atomic E-state index is -0.863. The molecule has 1 aromatic carbocycles. The van der Waals surface area contributed by atoms with Crippen LogP contribution in [-0.2, 0) is 6.54 Å². The predicted molar refractivity (Wildman–Crippen MR) is 126 cm³/mol. The highest BCUT2D eigenvalue weighted by atomic mass is 35.5. The van der Waals surface area contributed by atoms with Crippen LogP contribution in [-0.4, -0.2) is 52.6 Å². The van der Waals surface area contributed by atoms with Crippen molar-refractivity contribution in [2.45, 2.75) is 32.5 Å². The number of rotatable bonds is 8. The summed E-state index contributed by atoms with van der Waals surface area (Å²) in [4.78, 5) is 23.9. The summed E-state index contributed by atoms with van der Waals surface area (Å²) >= 11 is 6.35. The molecule has 0 saturated carbocycles. The molecule has 0 amide bonds. The molecular formula is C22H27ClN6O3. The Labute approximate surface area is 191 Å². The van der Waals surface area contributed by atoms with Gasteiger partial charge in [-0.25, -0.2) is 4.98 Å². The smallest absolute Gasteiger partial charge is 0.293 e. The summed E-state index contributed by atoms with van der Waals surface area (Å²) < 4.78 is 7.22. The molecule has 2 aromatic heterocycles. The summed E-state index contributed by atoms with van der Waals surface area (Å²) in [7, 11) is 1.62. The van der Waals surface area contributed by atoms with Crippen molar-refractivity contribution in [2.75, 3.05) is 37.0 Å². The average Bonchev–Trinajstić information content (AvgIpc) is 3.34. The van der Waals surface area contributed by atoms with Crippen LogP contribution in [0, 0.1) is 0 Å². The number of benzene rings is 1. The maximum absolute atomic E-state index is 12.8. The van der Waals surface area contributed by atoms with E-state index >= 15 is 0 Å². The molecule has 1 aliphatic heterocycles. The van der Waals surface area contributed by atoms with Crippen LogP contribution in [0.1, 0.15) is 19.8 Å². The Morgan fingerprint density at radius 1 is 1.28 bits per heavy atom. The Morgan fingerprint density at radius 3 is 2.78 bits per heavy atom. The Kier molecular flexibility index (Phi) is 6.78. The van der Waals surface area contributed by atoms with E-state index in [0.29, 0.717) is 23.3 Å². The zero-order valence-corrected chi connectivity index (χ0v) is 18.9. The van der Waals surface area contributed by atoms with Crippen LogP contribution in [0.2, 0.25) is 5.02 Å². The molecule has 1 saturated heterocycles. The third-order valence-electron chi connectivity index (χ3n) is 5.49. The van der Waals surface area contributed by atoms with Gasteiger partial charge in [0.25, 0.3) is 5.56 Å². The van der Waals surface area contributed by atoms with Crippen molar-refractivity contribution in [1.29, 1.82) is 0 Å². The number of aryl methyl sites for hydroxylation is 1. The van der Waals surface area contributed by atoms with E-state index < -0.39 is 6.23 Å². The van der Waals surface area contributed by atoms with Crippen molar-refractivity contribution in [3.05, 3.63) is 45.8 Å². The highest BCUT2D eigenvalue weighted by Crippen LogP contribution is 2.28. The second-order valence-electron chi connectivity index (χ2n) is 7.63. The summed E-state index contributed by atoms with van der Waals surface area (Å²) in [5, 5.41) is 16.9. The summed E-state index contributed by atoms with van der Waals surface area (Å²) in [5.74, 6) is 1.37. The van der Waals surface area contributed by atoms with E-state index in [4.69, 9.17) is 16.3 Å². The van der Waals surface area contributed by atoms with Gasteiger partial charge in [-0.2, -0.15) is 4.98 Å². The molecule has 0 radical (unpaired) electrons. The van der Waals surface area contributed by atoms with Crippen LogP contribution in [0.15, 0.2) is 35.3 Å². The lowest BCUT2D eigenvalue weighted by molar-refractivity contribution is 0.0850. The molecule has 1 aliphatic rings. The van der Waals surface area contributed by atoms with Crippen molar-refractivity contribution in [3.63, 3.8) is 0 Å². The number of aliphatic hydroxyl groups excluding tert-OH is 1. The fraction of sp³-hybridized carbons (Fsp3) is 0.409. The summed E-state index contributed by atoms with van der Waals surface area (Å²) in [6, 6.07) is 7.36. The summed E-state index contributed by atoms with van der Waals surface area (Å²) in [6.07, 6.45) is 3.01. The number of aliphatic hydroxyl groups is 1. The maximum atomic E-state index is 12.8. The zero-order valence-electron chi connectivity index (χ0n) is 18.1. The van der Waals surface area contributed by atoms with Crippen molar-refractivity contribution in [3.8, 4) is 5.75 Å². The maximum Gasteiger partial charge on any atom is 0.293 e.